The minimum Gasteiger partial charge on any atom is -0.482 e. The van der Waals surface area contributed by atoms with Crippen molar-refractivity contribution in [1.29, 1.82) is 0 Å². The molecule has 1 aliphatic heterocycles. The molecule has 1 atom stereocenters. The molecule has 3 aromatic rings. The number of alkyl halides is 3. The van der Waals surface area contributed by atoms with Crippen LogP contribution in [0.15, 0.2) is 54.6 Å². The van der Waals surface area contributed by atoms with Gasteiger partial charge < -0.3 is 15.2 Å². The van der Waals surface area contributed by atoms with Crippen LogP contribution in [-0.2, 0) is 11.0 Å². The van der Waals surface area contributed by atoms with Gasteiger partial charge in [-0.2, -0.15) is 18.2 Å². The standard InChI is InChI=1S/C20H14ClF3N4O3/c21-13-6-4-11(5-7-13)16-9-15(12-2-1-3-14(8-12)31-10-17(29)30)25-19-26-18(20(22,23)24)27-28(16)19/h1-9,16H,10H2,(H,29,30)(H,25,26,27)/t16-/m0/s1. The van der Waals surface area contributed by atoms with E-state index in [4.69, 9.17) is 21.4 Å². The maximum Gasteiger partial charge on any atom is 0.453 e. The maximum atomic E-state index is 13.2. The van der Waals surface area contributed by atoms with Gasteiger partial charge in [-0.3, -0.25) is 0 Å². The van der Waals surface area contributed by atoms with Crippen LogP contribution in [0.3, 0.4) is 0 Å². The number of carboxylic acid groups (broad SMARTS) is 1. The summed E-state index contributed by atoms with van der Waals surface area (Å²) >= 11 is 5.94. The van der Waals surface area contributed by atoms with Gasteiger partial charge in [-0.05, 0) is 35.9 Å². The van der Waals surface area contributed by atoms with Gasteiger partial charge >= 0.3 is 12.1 Å². The average molecular weight is 451 g/mol. The molecular weight excluding hydrogens is 437 g/mol. The fraction of sp³-hybridized carbons (Fsp3) is 0.150. The lowest BCUT2D eigenvalue weighted by molar-refractivity contribution is -0.145. The Labute approximate surface area is 178 Å². The van der Waals surface area contributed by atoms with Crippen LogP contribution in [0, 0.1) is 0 Å². The second kappa shape index (κ2) is 7.95. The van der Waals surface area contributed by atoms with Crippen molar-refractivity contribution in [2.45, 2.75) is 12.2 Å². The summed E-state index contributed by atoms with van der Waals surface area (Å²) in [7, 11) is 0. The Kier molecular flexibility index (Phi) is 5.32. The van der Waals surface area contributed by atoms with Crippen LogP contribution in [0.2, 0.25) is 5.02 Å². The summed E-state index contributed by atoms with van der Waals surface area (Å²) in [6.07, 6.45) is -3.01. The van der Waals surface area contributed by atoms with Crippen LogP contribution in [0.1, 0.15) is 23.0 Å². The lowest BCUT2D eigenvalue weighted by Gasteiger charge is -2.24. The Hall–Kier alpha value is -3.53. The molecule has 4 rings (SSSR count). The van der Waals surface area contributed by atoms with Gasteiger partial charge in [0.1, 0.15) is 11.8 Å². The van der Waals surface area contributed by atoms with Crippen molar-refractivity contribution in [3.63, 3.8) is 0 Å². The van der Waals surface area contributed by atoms with E-state index in [1.165, 1.54) is 0 Å². The number of fused-ring (bicyclic) bond motifs is 1. The number of aliphatic carboxylic acids is 1. The number of carbonyl (C=O) groups is 1. The molecule has 2 N–H and O–H groups in total. The van der Waals surface area contributed by atoms with E-state index in [0.29, 0.717) is 27.6 Å². The zero-order valence-electron chi connectivity index (χ0n) is 15.6. The van der Waals surface area contributed by atoms with Crippen LogP contribution in [0.4, 0.5) is 19.1 Å². The highest BCUT2D eigenvalue weighted by Gasteiger charge is 2.39. The van der Waals surface area contributed by atoms with Gasteiger partial charge in [0.2, 0.25) is 5.95 Å². The van der Waals surface area contributed by atoms with E-state index in [1.54, 1.807) is 54.6 Å². The average Bonchev–Trinajstić information content (AvgIpc) is 3.17. The summed E-state index contributed by atoms with van der Waals surface area (Å²) in [4.78, 5) is 14.3. The number of ether oxygens (including phenoxy) is 1. The summed E-state index contributed by atoms with van der Waals surface area (Å²) in [5.74, 6) is -2.17. The van der Waals surface area contributed by atoms with E-state index >= 15 is 0 Å². The number of carboxylic acids is 1. The molecule has 160 valence electrons. The molecule has 1 aromatic heterocycles. The molecule has 7 nitrogen and oxygen atoms in total. The van der Waals surface area contributed by atoms with Crippen LogP contribution >= 0.6 is 11.6 Å². The third-order valence-corrected chi connectivity index (χ3v) is 4.69. The van der Waals surface area contributed by atoms with Crippen LogP contribution in [-0.4, -0.2) is 32.4 Å². The first-order valence-corrected chi connectivity index (χ1v) is 9.31. The first-order chi connectivity index (χ1) is 14.7. The predicted octanol–water partition coefficient (Wildman–Crippen LogP) is 4.47. The second-order valence-corrected chi connectivity index (χ2v) is 7.05. The molecule has 0 aliphatic carbocycles. The van der Waals surface area contributed by atoms with Crippen LogP contribution in [0.25, 0.3) is 5.70 Å². The third kappa shape index (κ3) is 4.48. The molecule has 0 radical (unpaired) electrons. The van der Waals surface area contributed by atoms with E-state index in [2.05, 4.69) is 15.4 Å². The summed E-state index contributed by atoms with van der Waals surface area (Å²) in [6.45, 7) is -0.521. The Morgan fingerprint density at radius 1 is 1.23 bits per heavy atom. The molecule has 0 saturated carbocycles. The fourth-order valence-electron chi connectivity index (χ4n) is 3.08. The molecule has 31 heavy (non-hydrogen) atoms. The Morgan fingerprint density at radius 3 is 2.65 bits per heavy atom. The van der Waals surface area contributed by atoms with Gasteiger partial charge in [0.15, 0.2) is 6.61 Å². The van der Waals surface area contributed by atoms with Gasteiger partial charge in [-0.15, -0.1) is 5.10 Å². The Balaban J connectivity index is 1.76. The Bertz CT molecular complexity index is 1160. The van der Waals surface area contributed by atoms with Gasteiger partial charge in [0, 0.05) is 16.3 Å². The summed E-state index contributed by atoms with van der Waals surface area (Å²) in [6, 6.07) is 12.5. The van der Waals surface area contributed by atoms with Crippen LogP contribution < -0.4 is 10.1 Å². The highest BCUT2D eigenvalue weighted by atomic mass is 35.5. The predicted molar refractivity (Wildman–Crippen MR) is 106 cm³/mol. The number of halogens is 4. The molecular formula is C20H14ClF3N4O3. The minimum atomic E-state index is -4.71. The van der Waals surface area contributed by atoms with Crippen molar-refractivity contribution in [1.82, 2.24) is 14.8 Å². The van der Waals surface area contributed by atoms with Gasteiger partial charge in [-0.25, -0.2) is 9.48 Å². The quantitative estimate of drug-likeness (QED) is 0.596. The molecule has 0 unspecified atom stereocenters. The number of nitrogens with one attached hydrogen (secondary N) is 1. The van der Waals surface area contributed by atoms with E-state index in [1.807, 2.05) is 0 Å². The normalized spacial score (nSPS) is 15.6. The van der Waals surface area contributed by atoms with E-state index in [-0.39, 0.29) is 5.95 Å². The second-order valence-electron chi connectivity index (χ2n) is 6.61. The van der Waals surface area contributed by atoms with E-state index in [0.717, 1.165) is 4.68 Å². The number of anilines is 1. The van der Waals surface area contributed by atoms with E-state index < -0.39 is 30.6 Å². The van der Waals surface area contributed by atoms with Crippen molar-refractivity contribution in [3.05, 3.63) is 76.6 Å². The van der Waals surface area contributed by atoms with Crippen LogP contribution in [0.5, 0.6) is 5.75 Å². The van der Waals surface area contributed by atoms with Crippen molar-refractivity contribution >= 4 is 29.2 Å². The van der Waals surface area contributed by atoms with Gasteiger partial charge in [0.25, 0.3) is 5.82 Å². The van der Waals surface area contributed by atoms with Gasteiger partial charge in [-0.1, -0.05) is 35.9 Å². The summed E-state index contributed by atoms with van der Waals surface area (Å²) in [5.41, 5.74) is 1.69. The topological polar surface area (TPSA) is 89.3 Å². The zero-order valence-corrected chi connectivity index (χ0v) is 16.4. The molecule has 1 aliphatic rings. The number of allylic oxidation sites excluding steroid dienone is 1. The highest BCUT2D eigenvalue weighted by molar-refractivity contribution is 6.30. The fourth-order valence-corrected chi connectivity index (χ4v) is 3.20. The molecule has 2 heterocycles. The summed E-state index contributed by atoms with van der Waals surface area (Å²) in [5, 5.41) is 15.8. The highest BCUT2D eigenvalue weighted by Crippen LogP contribution is 2.36. The van der Waals surface area contributed by atoms with Crippen molar-refractivity contribution < 1.29 is 27.8 Å². The number of benzene rings is 2. The smallest absolute Gasteiger partial charge is 0.453 e. The number of hydrogen-bond donors (Lipinski definition) is 2. The maximum absolute atomic E-state index is 13.2. The van der Waals surface area contributed by atoms with Crippen molar-refractivity contribution in [2.24, 2.45) is 0 Å². The number of nitrogens with zero attached hydrogens (tertiary/aromatic N) is 3. The largest absolute Gasteiger partial charge is 0.482 e. The Morgan fingerprint density at radius 2 is 1.97 bits per heavy atom. The van der Waals surface area contributed by atoms with Crippen molar-refractivity contribution in [2.75, 3.05) is 11.9 Å². The molecule has 0 fully saturated rings. The van der Waals surface area contributed by atoms with Gasteiger partial charge in [0.05, 0.1) is 0 Å². The molecule has 2 aromatic carbocycles. The third-order valence-electron chi connectivity index (χ3n) is 4.44. The minimum absolute atomic E-state index is 0.0818. The molecule has 0 saturated heterocycles. The van der Waals surface area contributed by atoms with E-state index in [9.17, 15) is 18.0 Å². The first kappa shape index (κ1) is 20.7. The first-order valence-electron chi connectivity index (χ1n) is 8.94. The van der Waals surface area contributed by atoms with Crippen molar-refractivity contribution in [3.8, 4) is 5.75 Å². The molecule has 11 heteroatoms. The summed E-state index contributed by atoms with van der Waals surface area (Å²) < 4.78 is 46.0. The number of aromatic nitrogens is 3. The number of rotatable bonds is 5. The monoisotopic (exact) mass is 450 g/mol. The molecule has 0 spiro atoms. The zero-order chi connectivity index (χ0) is 22.2. The lowest BCUT2D eigenvalue weighted by atomic mass is 10.0. The molecule has 0 bridgehead atoms. The lowest BCUT2D eigenvalue weighted by Crippen LogP contribution is -2.20. The molecule has 0 amide bonds. The SMILES string of the molecule is O=C(O)COc1cccc(C2=C[C@@H](c3ccc(Cl)cc3)n3nc(C(F)(F)F)nc3N2)c1. The number of hydrogen-bond acceptors (Lipinski definition) is 5.